The van der Waals surface area contributed by atoms with E-state index in [2.05, 4.69) is 5.32 Å². The molecular weight excluding hydrogens is 296 g/mol. The second-order valence-electron chi connectivity index (χ2n) is 6.42. The summed E-state index contributed by atoms with van der Waals surface area (Å²) < 4.78 is 5.17. The van der Waals surface area contributed by atoms with Gasteiger partial charge in [0.25, 0.3) is 5.91 Å². The zero-order valence-corrected chi connectivity index (χ0v) is 13.8. The Balaban J connectivity index is 1.95. The molecule has 6 heteroatoms. The molecule has 0 radical (unpaired) electrons. The molecule has 1 aliphatic rings. The van der Waals surface area contributed by atoms with Crippen molar-refractivity contribution in [2.45, 2.75) is 51.7 Å². The molecule has 6 nitrogen and oxygen atoms in total. The number of aliphatic hydroxyl groups is 1. The quantitative estimate of drug-likeness (QED) is 0.836. The smallest absolute Gasteiger partial charge is 0.290 e. The number of carbonyl (C=O) groups is 2. The third-order valence-electron chi connectivity index (χ3n) is 4.17. The largest absolute Gasteiger partial charge is 0.459 e. The molecule has 0 bridgehead atoms. The maximum absolute atomic E-state index is 12.5. The van der Waals surface area contributed by atoms with Crippen LogP contribution in [0.3, 0.4) is 0 Å². The van der Waals surface area contributed by atoms with Gasteiger partial charge in [-0.3, -0.25) is 9.59 Å². The van der Waals surface area contributed by atoms with E-state index in [0.29, 0.717) is 25.9 Å². The van der Waals surface area contributed by atoms with Gasteiger partial charge in [0.05, 0.1) is 12.4 Å². The second-order valence-corrected chi connectivity index (χ2v) is 6.42. The molecule has 0 saturated carbocycles. The number of carbonyl (C=O) groups excluding carboxylic acids is 2. The molecule has 23 heavy (non-hydrogen) atoms. The van der Waals surface area contributed by atoms with Crippen molar-refractivity contribution in [1.29, 1.82) is 0 Å². The van der Waals surface area contributed by atoms with Gasteiger partial charge in [0.1, 0.15) is 6.04 Å². The topological polar surface area (TPSA) is 82.8 Å². The molecule has 128 valence electrons. The van der Waals surface area contributed by atoms with Gasteiger partial charge in [0, 0.05) is 13.1 Å². The lowest BCUT2D eigenvalue weighted by Crippen LogP contribution is -2.52. The fraction of sp³-hybridized carbons (Fsp3) is 0.647. The van der Waals surface area contributed by atoms with Crippen molar-refractivity contribution in [1.82, 2.24) is 10.2 Å². The molecular formula is C17H26N2O4. The van der Waals surface area contributed by atoms with Crippen molar-refractivity contribution < 1.29 is 19.1 Å². The first-order valence-electron chi connectivity index (χ1n) is 8.29. The van der Waals surface area contributed by atoms with Gasteiger partial charge in [-0.15, -0.1) is 0 Å². The number of furan rings is 1. The van der Waals surface area contributed by atoms with Crippen LogP contribution in [0, 0.1) is 5.92 Å². The summed E-state index contributed by atoms with van der Waals surface area (Å²) in [7, 11) is 0. The highest BCUT2D eigenvalue weighted by Crippen LogP contribution is 2.20. The first kappa shape index (κ1) is 17.5. The normalized spacial score (nSPS) is 20.8. The summed E-state index contributed by atoms with van der Waals surface area (Å²) in [4.78, 5) is 26.6. The molecule has 3 atom stereocenters. The van der Waals surface area contributed by atoms with Gasteiger partial charge >= 0.3 is 0 Å². The van der Waals surface area contributed by atoms with Crippen LogP contribution in [0.4, 0.5) is 0 Å². The number of piperidine rings is 1. The number of hydrogen-bond donors (Lipinski definition) is 2. The first-order chi connectivity index (χ1) is 11.0. The van der Waals surface area contributed by atoms with Gasteiger partial charge in [-0.2, -0.15) is 0 Å². The average Bonchev–Trinajstić information content (AvgIpc) is 3.05. The van der Waals surface area contributed by atoms with Crippen molar-refractivity contribution in [3.8, 4) is 0 Å². The van der Waals surface area contributed by atoms with Gasteiger partial charge in [-0.25, -0.2) is 0 Å². The predicted molar refractivity (Wildman–Crippen MR) is 85.9 cm³/mol. The molecule has 0 spiro atoms. The van der Waals surface area contributed by atoms with Crippen molar-refractivity contribution in [2.24, 2.45) is 5.92 Å². The molecule has 0 aliphatic carbocycles. The standard InChI is InChI=1S/C17H26N2O4/c1-12(10-13(2)20)11-18-16(21)14-6-3-4-8-19(14)17(22)15-7-5-9-23-15/h5,7,9,12-14,20H,3-4,6,8,10-11H2,1-2H3,(H,18,21). The second kappa shape index (κ2) is 8.15. The number of rotatable bonds is 6. The van der Waals surface area contributed by atoms with Crippen molar-refractivity contribution >= 4 is 11.8 Å². The van der Waals surface area contributed by atoms with Crippen LogP contribution in [0.15, 0.2) is 22.8 Å². The summed E-state index contributed by atoms with van der Waals surface area (Å²) in [5, 5.41) is 12.3. The van der Waals surface area contributed by atoms with E-state index in [1.165, 1.54) is 6.26 Å². The van der Waals surface area contributed by atoms with E-state index >= 15 is 0 Å². The predicted octanol–water partition coefficient (Wildman–Crippen LogP) is 1.80. The Hall–Kier alpha value is -1.82. The molecule has 1 aliphatic heterocycles. The monoisotopic (exact) mass is 322 g/mol. The van der Waals surface area contributed by atoms with Gasteiger partial charge in [0.15, 0.2) is 5.76 Å². The first-order valence-corrected chi connectivity index (χ1v) is 8.29. The number of nitrogens with zero attached hydrogens (tertiary/aromatic N) is 1. The summed E-state index contributed by atoms with van der Waals surface area (Å²) in [6.07, 6.45) is 4.22. The lowest BCUT2D eigenvalue weighted by atomic mass is 10.00. The van der Waals surface area contributed by atoms with E-state index in [9.17, 15) is 14.7 Å². The zero-order valence-electron chi connectivity index (χ0n) is 13.8. The van der Waals surface area contributed by atoms with Crippen molar-refractivity contribution in [3.05, 3.63) is 24.2 Å². The minimum absolute atomic E-state index is 0.123. The molecule has 2 heterocycles. The van der Waals surface area contributed by atoms with Crippen LogP contribution in [0.2, 0.25) is 0 Å². The molecule has 2 N–H and O–H groups in total. The Kier molecular flexibility index (Phi) is 6.21. The van der Waals surface area contributed by atoms with Gasteiger partial charge in [0.2, 0.25) is 5.91 Å². The van der Waals surface area contributed by atoms with Crippen LogP contribution in [0.25, 0.3) is 0 Å². The van der Waals surface area contributed by atoms with Crippen LogP contribution in [-0.2, 0) is 4.79 Å². The number of hydrogen-bond acceptors (Lipinski definition) is 4. The highest BCUT2D eigenvalue weighted by Gasteiger charge is 2.33. The minimum atomic E-state index is -0.444. The third-order valence-corrected chi connectivity index (χ3v) is 4.17. The molecule has 1 fully saturated rings. The van der Waals surface area contributed by atoms with Crippen molar-refractivity contribution in [2.75, 3.05) is 13.1 Å². The maximum Gasteiger partial charge on any atom is 0.290 e. The number of aliphatic hydroxyl groups excluding tert-OH is 1. The van der Waals surface area contributed by atoms with Crippen molar-refractivity contribution in [3.63, 3.8) is 0 Å². The van der Waals surface area contributed by atoms with Crippen LogP contribution in [-0.4, -0.2) is 47.1 Å². The summed E-state index contributed by atoms with van der Waals surface area (Å²) in [6.45, 7) is 4.80. The lowest BCUT2D eigenvalue weighted by molar-refractivity contribution is -0.126. The van der Waals surface area contributed by atoms with Gasteiger partial charge in [-0.1, -0.05) is 6.92 Å². The summed E-state index contributed by atoms with van der Waals surface area (Å²) in [6, 6.07) is 2.85. The molecule has 1 aromatic rings. The Morgan fingerprint density at radius 3 is 2.87 bits per heavy atom. The van der Waals surface area contributed by atoms with E-state index in [1.54, 1.807) is 24.0 Å². The van der Waals surface area contributed by atoms with Crippen LogP contribution < -0.4 is 5.32 Å². The maximum atomic E-state index is 12.5. The Labute approximate surface area is 136 Å². The fourth-order valence-corrected chi connectivity index (χ4v) is 3.05. The Morgan fingerprint density at radius 2 is 2.22 bits per heavy atom. The molecule has 2 rings (SSSR count). The summed E-state index contributed by atoms with van der Waals surface area (Å²) in [5.41, 5.74) is 0. The van der Waals surface area contributed by atoms with Crippen LogP contribution in [0.1, 0.15) is 50.1 Å². The van der Waals surface area contributed by atoms with E-state index in [-0.39, 0.29) is 29.6 Å². The summed E-state index contributed by atoms with van der Waals surface area (Å²) >= 11 is 0. The van der Waals surface area contributed by atoms with Crippen LogP contribution in [0.5, 0.6) is 0 Å². The lowest BCUT2D eigenvalue weighted by Gasteiger charge is -2.34. The van der Waals surface area contributed by atoms with E-state index in [1.807, 2.05) is 6.92 Å². The molecule has 1 aromatic heterocycles. The minimum Gasteiger partial charge on any atom is -0.459 e. The zero-order chi connectivity index (χ0) is 16.8. The molecule has 3 unspecified atom stereocenters. The molecule has 1 saturated heterocycles. The highest BCUT2D eigenvalue weighted by molar-refractivity contribution is 5.95. The number of amides is 2. The van der Waals surface area contributed by atoms with E-state index in [0.717, 1.165) is 12.8 Å². The third kappa shape index (κ3) is 4.82. The molecule has 2 amide bonds. The van der Waals surface area contributed by atoms with Gasteiger partial charge in [-0.05, 0) is 50.7 Å². The fourth-order valence-electron chi connectivity index (χ4n) is 3.05. The Morgan fingerprint density at radius 1 is 1.43 bits per heavy atom. The summed E-state index contributed by atoms with van der Waals surface area (Å²) in [5.74, 6) is 0.109. The van der Waals surface area contributed by atoms with Crippen LogP contribution >= 0.6 is 0 Å². The average molecular weight is 322 g/mol. The number of likely N-dealkylation sites (tertiary alicyclic amines) is 1. The van der Waals surface area contributed by atoms with E-state index < -0.39 is 6.04 Å². The van der Waals surface area contributed by atoms with Gasteiger partial charge < -0.3 is 19.7 Å². The molecule has 0 aromatic carbocycles. The Bertz CT molecular complexity index is 513. The van der Waals surface area contributed by atoms with E-state index in [4.69, 9.17) is 4.42 Å². The SMILES string of the molecule is CC(O)CC(C)CNC(=O)C1CCCCN1C(=O)c1ccco1. The highest BCUT2D eigenvalue weighted by atomic mass is 16.3. The number of nitrogens with one attached hydrogen (secondary N) is 1.